The van der Waals surface area contributed by atoms with Gasteiger partial charge in [0.05, 0.1) is 0 Å². The van der Waals surface area contributed by atoms with Gasteiger partial charge in [0.15, 0.2) is 0 Å². The van der Waals surface area contributed by atoms with Gasteiger partial charge in [0.25, 0.3) is 0 Å². The summed E-state index contributed by atoms with van der Waals surface area (Å²) in [7, 11) is 1.95. The molecule has 3 rings (SSSR count). The van der Waals surface area contributed by atoms with E-state index in [-0.39, 0.29) is 5.82 Å². The number of nitrogens with zero attached hydrogens (tertiary/aromatic N) is 1. The minimum atomic E-state index is -0.0806. The van der Waals surface area contributed by atoms with Crippen LogP contribution in [0.25, 0.3) is 10.1 Å². The summed E-state index contributed by atoms with van der Waals surface area (Å²) in [6.07, 6.45) is 2.51. The molecule has 1 unspecified atom stereocenters. The van der Waals surface area contributed by atoms with Crippen molar-refractivity contribution in [3.05, 3.63) is 34.5 Å². The van der Waals surface area contributed by atoms with Crippen LogP contribution in [0.5, 0.6) is 0 Å². The molecule has 4 heteroatoms. The van der Waals surface area contributed by atoms with Crippen molar-refractivity contribution < 1.29 is 4.39 Å². The van der Waals surface area contributed by atoms with Crippen molar-refractivity contribution in [1.29, 1.82) is 0 Å². The summed E-state index contributed by atoms with van der Waals surface area (Å²) in [5.74, 6) is -0.0806. The predicted molar refractivity (Wildman–Crippen MR) is 83.7 cm³/mol. The minimum Gasteiger partial charge on any atom is -0.315 e. The van der Waals surface area contributed by atoms with E-state index >= 15 is 0 Å². The molecule has 1 aliphatic rings. The maximum absolute atomic E-state index is 14.2. The highest BCUT2D eigenvalue weighted by Gasteiger charge is 2.24. The Bertz CT molecular complexity index is 608. The predicted octanol–water partition coefficient (Wildman–Crippen LogP) is 3.74. The number of fused-ring (bicyclic) bond motifs is 1. The summed E-state index contributed by atoms with van der Waals surface area (Å²) in [5, 5.41) is 4.05. The number of likely N-dealkylation sites (tertiary alicyclic amines) is 1. The van der Waals surface area contributed by atoms with E-state index in [1.165, 1.54) is 23.3 Å². The fraction of sp³-hybridized carbons (Fsp3) is 0.500. The molecule has 0 saturated carbocycles. The summed E-state index contributed by atoms with van der Waals surface area (Å²) in [6.45, 7) is 5.09. The highest BCUT2D eigenvalue weighted by molar-refractivity contribution is 7.19. The van der Waals surface area contributed by atoms with Gasteiger partial charge >= 0.3 is 0 Å². The van der Waals surface area contributed by atoms with Crippen molar-refractivity contribution in [2.24, 2.45) is 0 Å². The summed E-state index contributed by atoms with van der Waals surface area (Å²) in [4.78, 5) is 3.75. The fourth-order valence-corrected chi connectivity index (χ4v) is 4.36. The molecule has 1 fully saturated rings. The molecular formula is C16H21FN2S. The Hall–Kier alpha value is -0.970. The van der Waals surface area contributed by atoms with Crippen LogP contribution in [0.4, 0.5) is 4.39 Å². The van der Waals surface area contributed by atoms with E-state index in [0.29, 0.717) is 6.04 Å². The first-order valence-electron chi connectivity index (χ1n) is 7.28. The van der Waals surface area contributed by atoms with Crippen molar-refractivity contribution in [2.45, 2.75) is 38.9 Å². The first-order chi connectivity index (χ1) is 9.70. The van der Waals surface area contributed by atoms with Crippen molar-refractivity contribution in [2.75, 3.05) is 13.6 Å². The highest BCUT2D eigenvalue weighted by Crippen LogP contribution is 2.35. The second-order valence-corrected chi connectivity index (χ2v) is 6.75. The van der Waals surface area contributed by atoms with Crippen LogP contribution in [0.1, 0.15) is 30.2 Å². The molecular weight excluding hydrogens is 271 g/mol. The molecule has 1 N–H and O–H groups in total. The number of hydrogen-bond donors (Lipinski definition) is 1. The van der Waals surface area contributed by atoms with E-state index in [9.17, 15) is 4.39 Å². The maximum Gasteiger partial charge on any atom is 0.132 e. The second kappa shape index (κ2) is 5.80. The van der Waals surface area contributed by atoms with Crippen LogP contribution >= 0.6 is 11.3 Å². The van der Waals surface area contributed by atoms with Crippen LogP contribution in [0, 0.1) is 5.82 Å². The third-order valence-corrected chi connectivity index (χ3v) is 5.43. The molecule has 2 aromatic rings. The average molecular weight is 292 g/mol. The van der Waals surface area contributed by atoms with Gasteiger partial charge in [-0.05, 0) is 51.1 Å². The Labute approximate surface area is 123 Å². The van der Waals surface area contributed by atoms with Gasteiger partial charge in [0.1, 0.15) is 5.82 Å². The molecule has 1 aromatic carbocycles. The van der Waals surface area contributed by atoms with Crippen LogP contribution in [0.3, 0.4) is 0 Å². The quantitative estimate of drug-likeness (QED) is 0.923. The molecule has 1 saturated heterocycles. The highest BCUT2D eigenvalue weighted by atomic mass is 32.1. The van der Waals surface area contributed by atoms with E-state index < -0.39 is 0 Å². The Kier molecular flexibility index (Phi) is 4.06. The molecule has 0 radical (unpaired) electrons. The molecule has 0 amide bonds. The molecule has 1 atom stereocenters. The Balaban J connectivity index is 2.03. The number of benzene rings is 1. The van der Waals surface area contributed by atoms with Gasteiger partial charge in [-0.3, -0.25) is 4.90 Å². The van der Waals surface area contributed by atoms with Gasteiger partial charge in [-0.15, -0.1) is 11.3 Å². The van der Waals surface area contributed by atoms with E-state index in [2.05, 4.69) is 17.1 Å². The molecule has 2 heterocycles. The fourth-order valence-electron chi connectivity index (χ4n) is 3.12. The number of thiophene rings is 1. The summed E-state index contributed by atoms with van der Waals surface area (Å²) >= 11 is 1.72. The summed E-state index contributed by atoms with van der Waals surface area (Å²) in [6, 6.07) is 6.02. The van der Waals surface area contributed by atoms with Gasteiger partial charge in [-0.2, -0.15) is 0 Å². The lowest BCUT2D eigenvalue weighted by molar-refractivity contribution is 0.260. The standard InChI is InChI=1S/C16H21FN2S/c1-11-5-4-8-19(11)10-12-15(9-18-2)20-14-7-3-6-13(17)16(12)14/h3,6-7,11,18H,4-5,8-10H2,1-2H3. The Morgan fingerprint density at radius 1 is 1.45 bits per heavy atom. The lowest BCUT2D eigenvalue weighted by Gasteiger charge is -2.21. The van der Waals surface area contributed by atoms with E-state index in [4.69, 9.17) is 0 Å². The van der Waals surface area contributed by atoms with Crippen molar-refractivity contribution >= 4 is 21.4 Å². The van der Waals surface area contributed by atoms with Gasteiger partial charge in [-0.1, -0.05) is 6.07 Å². The first-order valence-corrected chi connectivity index (χ1v) is 8.09. The molecule has 20 heavy (non-hydrogen) atoms. The van der Waals surface area contributed by atoms with Crippen LogP contribution in [-0.4, -0.2) is 24.5 Å². The van der Waals surface area contributed by atoms with Gasteiger partial charge < -0.3 is 5.32 Å². The molecule has 0 spiro atoms. The lowest BCUT2D eigenvalue weighted by Crippen LogP contribution is -2.26. The number of halogens is 1. The maximum atomic E-state index is 14.2. The lowest BCUT2D eigenvalue weighted by atomic mass is 10.1. The molecule has 108 valence electrons. The topological polar surface area (TPSA) is 15.3 Å². The zero-order valence-corrected chi connectivity index (χ0v) is 12.9. The normalized spacial score (nSPS) is 20.1. The van der Waals surface area contributed by atoms with E-state index in [0.717, 1.165) is 29.7 Å². The third-order valence-electron chi connectivity index (χ3n) is 4.24. The Morgan fingerprint density at radius 2 is 2.30 bits per heavy atom. The number of nitrogens with one attached hydrogen (secondary N) is 1. The second-order valence-electron chi connectivity index (χ2n) is 5.61. The van der Waals surface area contributed by atoms with Crippen molar-refractivity contribution in [3.8, 4) is 0 Å². The van der Waals surface area contributed by atoms with E-state index in [1.54, 1.807) is 23.5 Å². The zero-order chi connectivity index (χ0) is 14.1. The monoisotopic (exact) mass is 292 g/mol. The average Bonchev–Trinajstić information content (AvgIpc) is 2.97. The first kappa shape index (κ1) is 14.0. The Morgan fingerprint density at radius 3 is 3.00 bits per heavy atom. The SMILES string of the molecule is CNCc1sc2cccc(F)c2c1CN1CCCC1C. The largest absolute Gasteiger partial charge is 0.315 e. The molecule has 1 aliphatic heterocycles. The van der Waals surface area contributed by atoms with Crippen molar-refractivity contribution in [3.63, 3.8) is 0 Å². The van der Waals surface area contributed by atoms with Crippen LogP contribution in [0.15, 0.2) is 18.2 Å². The summed E-state index contributed by atoms with van der Waals surface area (Å²) in [5.41, 5.74) is 1.19. The molecule has 0 aliphatic carbocycles. The van der Waals surface area contributed by atoms with Crippen molar-refractivity contribution in [1.82, 2.24) is 10.2 Å². The summed E-state index contributed by atoms with van der Waals surface area (Å²) < 4.78 is 15.3. The van der Waals surface area contributed by atoms with Gasteiger partial charge in [0.2, 0.25) is 0 Å². The minimum absolute atomic E-state index is 0.0806. The van der Waals surface area contributed by atoms with Crippen LogP contribution in [0.2, 0.25) is 0 Å². The smallest absolute Gasteiger partial charge is 0.132 e. The number of hydrogen-bond acceptors (Lipinski definition) is 3. The number of rotatable bonds is 4. The third kappa shape index (κ3) is 2.48. The van der Waals surface area contributed by atoms with Crippen LogP contribution < -0.4 is 5.32 Å². The van der Waals surface area contributed by atoms with Crippen LogP contribution in [-0.2, 0) is 13.1 Å². The molecule has 2 nitrogen and oxygen atoms in total. The van der Waals surface area contributed by atoms with Gasteiger partial charge in [-0.25, -0.2) is 4.39 Å². The molecule has 1 aromatic heterocycles. The zero-order valence-electron chi connectivity index (χ0n) is 12.1. The molecule has 0 bridgehead atoms. The van der Waals surface area contributed by atoms with E-state index in [1.807, 2.05) is 13.1 Å². The van der Waals surface area contributed by atoms with Gasteiger partial charge in [0, 0.05) is 34.1 Å².